The topological polar surface area (TPSA) is 50.8 Å². The molecule has 0 spiro atoms. The van der Waals surface area contributed by atoms with E-state index in [0.29, 0.717) is 18.6 Å². The summed E-state index contributed by atoms with van der Waals surface area (Å²) in [6, 6.07) is 6.26. The lowest BCUT2D eigenvalue weighted by Crippen LogP contribution is -2.49. The summed E-state index contributed by atoms with van der Waals surface area (Å²) in [7, 11) is 1.70. The second-order valence-electron chi connectivity index (χ2n) is 7.66. The number of benzene rings is 1. The maximum atomic E-state index is 11.8. The lowest BCUT2D eigenvalue weighted by atomic mass is 9.95. The second-order valence-corrected chi connectivity index (χ2v) is 7.66. The van der Waals surface area contributed by atoms with Crippen molar-refractivity contribution in [2.24, 2.45) is 11.8 Å². The zero-order valence-electron chi connectivity index (χ0n) is 15.2. The Hall–Kier alpha value is -1.91. The largest absolute Gasteiger partial charge is 0.493 e. The Labute approximate surface area is 149 Å². The van der Waals surface area contributed by atoms with E-state index in [2.05, 4.69) is 17.4 Å². The van der Waals surface area contributed by atoms with Gasteiger partial charge in [-0.05, 0) is 62.1 Å². The smallest absolute Gasteiger partial charge is 0.317 e. The van der Waals surface area contributed by atoms with Crippen LogP contribution in [0, 0.1) is 11.8 Å². The Balaban J connectivity index is 1.53. The highest BCUT2D eigenvalue weighted by Crippen LogP contribution is 2.47. The average Bonchev–Trinajstić information content (AvgIpc) is 3.25. The van der Waals surface area contributed by atoms with Crippen LogP contribution in [0.15, 0.2) is 18.2 Å². The van der Waals surface area contributed by atoms with Gasteiger partial charge in [-0.15, -0.1) is 0 Å². The summed E-state index contributed by atoms with van der Waals surface area (Å²) < 4.78 is 11.9. The van der Waals surface area contributed by atoms with Crippen molar-refractivity contribution in [1.82, 2.24) is 10.2 Å². The van der Waals surface area contributed by atoms with E-state index in [1.54, 1.807) is 7.11 Å². The van der Waals surface area contributed by atoms with E-state index >= 15 is 0 Å². The Morgan fingerprint density at radius 1 is 1.24 bits per heavy atom. The van der Waals surface area contributed by atoms with Gasteiger partial charge in [0.2, 0.25) is 0 Å². The maximum absolute atomic E-state index is 11.8. The fourth-order valence-corrected chi connectivity index (χ4v) is 4.76. The summed E-state index contributed by atoms with van der Waals surface area (Å²) in [5.74, 6) is 3.51. The Morgan fingerprint density at radius 2 is 2.12 bits per heavy atom. The molecule has 2 amide bonds. The van der Waals surface area contributed by atoms with Crippen LogP contribution >= 0.6 is 0 Å². The molecule has 4 rings (SSSR count). The maximum Gasteiger partial charge on any atom is 0.317 e. The number of fused-ring (bicyclic) bond motifs is 2. The summed E-state index contributed by atoms with van der Waals surface area (Å²) in [4.78, 5) is 13.7. The molecule has 1 N–H and O–H groups in total. The SMILES string of the molecule is CCN1CC(c2ccc(OC)c(O[C@H]3C[C@@H]4CC[C@H]3C4)c2)CNC1=O. The number of amides is 2. The molecule has 3 fully saturated rings. The van der Waals surface area contributed by atoms with Gasteiger partial charge >= 0.3 is 6.03 Å². The van der Waals surface area contributed by atoms with Crippen molar-refractivity contribution in [2.45, 2.75) is 44.6 Å². The van der Waals surface area contributed by atoms with Gasteiger partial charge in [-0.1, -0.05) is 6.07 Å². The van der Waals surface area contributed by atoms with Crippen molar-refractivity contribution in [1.29, 1.82) is 0 Å². The molecular weight excluding hydrogens is 316 g/mol. The standard InChI is InChI=1S/C20H28N2O3/c1-3-22-12-16(11-21-20(22)23)14-6-7-17(24-2)19(10-14)25-18-9-13-4-5-15(18)8-13/h6-7,10,13,15-16,18H,3-5,8-9,11-12H2,1-2H3,(H,21,23)/t13-,15+,16?,18+/m1/s1. The number of ether oxygens (including phenoxy) is 2. The Morgan fingerprint density at radius 3 is 2.80 bits per heavy atom. The van der Waals surface area contributed by atoms with Crippen LogP contribution in [0.3, 0.4) is 0 Å². The molecule has 5 heteroatoms. The van der Waals surface area contributed by atoms with Gasteiger partial charge < -0.3 is 19.7 Å². The van der Waals surface area contributed by atoms with E-state index < -0.39 is 0 Å². The monoisotopic (exact) mass is 344 g/mol. The van der Waals surface area contributed by atoms with Crippen LogP contribution in [0.2, 0.25) is 0 Å². The first-order chi connectivity index (χ1) is 12.2. The number of hydrogen-bond acceptors (Lipinski definition) is 3. The van der Waals surface area contributed by atoms with Crippen LogP contribution in [0.4, 0.5) is 4.79 Å². The number of rotatable bonds is 5. The van der Waals surface area contributed by atoms with Gasteiger partial charge in [0.1, 0.15) is 6.10 Å². The van der Waals surface area contributed by atoms with Crippen molar-refractivity contribution in [3.05, 3.63) is 23.8 Å². The third-order valence-electron chi connectivity index (χ3n) is 6.22. The minimum absolute atomic E-state index is 0.0331. The highest BCUT2D eigenvalue weighted by atomic mass is 16.5. The first-order valence-electron chi connectivity index (χ1n) is 9.55. The second kappa shape index (κ2) is 6.77. The molecule has 2 aliphatic carbocycles. The van der Waals surface area contributed by atoms with Gasteiger partial charge in [-0.3, -0.25) is 0 Å². The molecule has 1 aromatic rings. The van der Waals surface area contributed by atoms with E-state index in [0.717, 1.165) is 30.5 Å². The van der Waals surface area contributed by atoms with Gasteiger partial charge in [0.05, 0.1) is 7.11 Å². The molecule has 25 heavy (non-hydrogen) atoms. The molecule has 4 atom stereocenters. The minimum Gasteiger partial charge on any atom is -0.493 e. The molecule has 1 aromatic carbocycles. The number of urea groups is 1. The molecule has 0 radical (unpaired) electrons. The Kier molecular flexibility index (Phi) is 4.48. The zero-order valence-corrected chi connectivity index (χ0v) is 15.2. The van der Waals surface area contributed by atoms with E-state index in [4.69, 9.17) is 9.47 Å². The molecule has 0 aromatic heterocycles. The summed E-state index contributed by atoms with van der Waals surface area (Å²) in [6.45, 7) is 4.17. The fraction of sp³-hybridized carbons (Fsp3) is 0.650. The van der Waals surface area contributed by atoms with Crippen molar-refractivity contribution >= 4 is 6.03 Å². The third kappa shape index (κ3) is 3.16. The quantitative estimate of drug-likeness (QED) is 0.891. The van der Waals surface area contributed by atoms with Crippen molar-refractivity contribution in [3.8, 4) is 11.5 Å². The molecule has 1 heterocycles. The minimum atomic E-state index is 0.0331. The molecule has 2 saturated carbocycles. The van der Waals surface area contributed by atoms with Crippen molar-refractivity contribution < 1.29 is 14.3 Å². The lowest BCUT2D eigenvalue weighted by Gasteiger charge is -2.33. The predicted octanol–water partition coefficient (Wildman–Crippen LogP) is 3.39. The van der Waals surface area contributed by atoms with E-state index in [1.165, 1.54) is 31.2 Å². The van der Waals surface area contributed by atoms with Crippen LogP contribution in [0.25, 0.3) is 0 Å². The molecule has 1 aliphatic heterocycles. The van der Waals surface area contributed by atoms with Crippen molar-refractivity contribution in [2.75, 3.05) is 26.7 Å². The number of hydrogen-bond donors (Lipinski definition) is 1. The van der Waals surface area contributed by atoms with Gasteiger partial charge in [0.25, 0.3) is 0 Å². The fourth-order valence-electron chi connectivity index (χ4n) is 4.76. The van der Waals surface area contributed by atoms with Crippen molar-refractivity contribution in [3.63, 3.8) is 0 Å². The van der Waals surface area contributed by atoms with Crippen LogP contribution < -0.4 is 14.8 Å². The highest BCUT2D eigenvalue weighted by Gasteiger charge is 2.41. The van der Waals surface area contributed by atoms with Gasteiger partial charge in [-0.25, -0.2) is 4.79 Å². The lowest BCUT2D eigenvalue weighted by molar-refractivity contribution is 0.133. The first kappa shape index (κ1) is 16.6. The van der Waals surface area contributed by atoms with Crippen LogP contribution in [-0.2, 0) is 0 Å². The molecule has 2 bridgehead atoms. The number of carbonyl (C=O) groups is 1. The van der Waals surface area contributed by atoms with Gasteiger partial charge in [-0.2, -0.15) is 0 Å². The summed E-state index contributed by atoms with van der Waals surface area (Å²) in [5, 5.41) is 2.99. The number of methoxy groups -OCH3 is 1. The van der Waals surface area contributed by atoms with Crippen LogP contribution in [0.5, 0.6) is 11.5 Å². The summed E-state index contributed by atoms with van der Waals surface area (Å²) >= 11 is 0. The van der Waals surface area contributed by atoms with Crippen LogP contribution in [-0.4, -0.2) is 43.8 Å². The highest BCUT2D eigenvalue weighted by molar-refractivity contribution is 5.75. The summed E-state index contributed by atoms with van der Waals surface area (Å²) in [5.41, 5.74) is 1.21. The van der Waals surface area contributed by atoms with Gasteiger partial charge in [0, 0.05) is 25.6 Å². The molecule has 1 unspecified atom stereocenters. The van der Waals surface area contributed by atoms with Crippen LogP contribution in [0.1, 0.15) is 44.1 Å². The van der Waals surface area contributed by atoms with E-state index in [9.17, 15) is 4.79 Å². The number of carbonyl (C=O) groups excluding carboxylic acids is 1. The number of likely N-dealkylation sites (N-methyl/N-ethyl adjacent to an activating group) is 1. The van der Waals surface area contributed by atoms with E-state index in [1.807, 2.05) is 17.9 Å². The molecule has 136 valence electrons. The molecule has 1 saturated heterocycles. The predicted molar refractivity (Wildman–Crippen MR) is 96.2 cm³/mol. The Bertz CT molecular complexity index is 648. The third-order valence-corrected chi connectivity index (χ3v) is 6.22. The van der Waals surface area contributed by atoms with Gasteiger partial charge in [0.15, 0.2) is 11.5 Å². The molecular formula is C20H28N2O3. The summed E-state index contributed by atoms with van der Waals surface area (Å²) in [6.07, 6.45) is 5.52. The number of nitrogens with zero attached hydrogens (tertiary/aromatic N) is 1. The molecule has 5 nitrogen and oxygen atoms in total. The van der Waals surface area contributed by atoms with E-state index in [-0.39, 0.29) is 11.9 Å². The number of nitrogens with one attached hydrogen (secondary N) is 1. The normalized spacial score (nSPS) is 31.1. The average molecular weight is 344 g/mol. The molecule has 3 aliphatic rings. The first-order valence-corrected chi connectivity index (χ1v) is 9.55. The zero-order chi connectivity index (χ0) is 17.4.